The summed E-state index contributed by atoms with van der Waals surface area (Å²) in [5.41, 5.74) is 1.20. The highest BCUT2D eigenvalue weighted by Crippen LogP contribution is 2.15. The Bertz CT molecular complexity index is 746. The van der Waals surface area contributed by atoms with Gasteiger partial charge in [-0.05, 0) is 43.3 Å². The number of carbonyl (C=O) groups is 3. The molecule has 6 heteroatoms. The Labute approximate surface area is 145 Å². The number of hydrogen-bond donors (Lipinski definition) is 0. The number of esters is 2. The molecule has 2 rings (SSSR count). The Kier molecular flexibility index (Phi) is 6.42. The van der Waals surface area contributed by atoms with Gasteiger partial charge < -0.3 is 14.2 Å². The molecule has 25 heavy (non-hydrogen) atoms. The second kappa shape index (κ2) is 8.75. The molecule has 6 nitrogen and oxygen atoms in total. The standard InChI is InChI=1S/C19H18O6/c1-13(20)14-3-5-16(6-4-14)19(22)25-17-9-7-15(8-10-17)18(21)24-12-11-23-2/h3-10H,11-12H2,1-2H3. The van der Waals surface area contributed by atoms with Crippen molar-refractivity contribution in [1.29, 1.82) is 0 Å². The lowest BCUT2D eigenvalue weighted by molar-refractivity contribution is 0.0388. The summed E-state index contributed by atoms with van der Waals surface area (Å²) in [6.45, 7) is 1.95. The normalized spacial score (nSPS) is 10.2. The van der Waals surface area contributed by atoms with E-state index in [0.717, 1.165) is 0 Å². The molecule has 0 radical (unpaired) electrons. The van der Waals surface area contributed by atoms with Gasteiger partial charge in [-0.25, -0.2) is 9.59 Å². The Hall–Kier alpha value is -2.99. The average molecular weight is 342 g/mol. The molecule has 0 bridgehead atoms. The maximum Gasteiger partial charge on any atom is 0.343 e. The predicted molar refractivity (Wildman–Crippen MR) is 90.0 cm³/mol. The number of ketones is 1. The first-order chi connectivity index (χ1) is 12.0. The number of rotatable bonds is 7. The summed E-state index contributed by atoms with van der Waals surface area (Å²) in [5, 5.41) is 0. The Balaban J connectivity index is 1.97. The highest BCUT2D eigenvalue weighted by Gasteiger charge is 2.11. The minimum atomic E-state index is -0.550. The van der Waals surface area contributed by atoms with Crippen LogP contribution in [0.2, 0.25) is 0 Å². The SMILES string of the molecule is COCCOC(=O)c1ccc(OC(=O)c2ccc(C(C)=O)cc2)cc1. The lowest BCUT2D eigenvalue weighted by atomic mass is 10.1. The van der Waals surface area contributed by atoms with Gasteiger partial charge in [-0.2, -0.15) is 0 Å². The van der Waals surface area contributed by atoms with Gasteiger partial charge in [-0.15, -0.1) is 0 Å². The van der Waals surface area contributed by atoms with E-state index < -0.39 is 11.9 Å². The fourth-order valence-electron chi connectivity index (χ4n) is 1.97. The lowest BCUT2D eigenvalue weighted by Gasteiger charge is -2.07. The molecule has 0 amide bonds. The molecular formula is C19H18O6. The maximum atomic E-state index is 12.1. The van der Waals surface area contributed by atoms with Crippen LogP contribution in [0.4, 0.5) is 0 Å². The van der Waals surface area contributed by atoms with Crippen LogP contribution in [-0.4, -0.2) is 38.0 Å². The second-order valence-electron chi connectivity index (χ2n) is 5.18. The second-order valence-corrected chi connectivity index (χ2v) is 5.18. The molecule has 0 atom stereocenters. The zero-order valence-corrected chi connectivity index (χ0v) is 14.0. The largest absolute Gasteiger partial charge is 0.460 e. The molecule has 0 fully saturated rings. The Morgan fingerprint density at radius 2 is 1.28 bits per heavy atom. The summed E-state index contributed by atoms with van der Waals surface area (Å²) in [6, 6.07) is 12.2. The molecule has 130 valence electrons. The smallest absolute Gasteiger partial charge is 0.343 e. The van der Waals surface area contributed by atoms with E-state index in [2.05, 4.69) is 0 Å². The monoisotopic (exact) mass is 342 g/mol. The van der Waals surface area contributed by atoms with Crippen LogP contribution >= 0.6 is 0 Å². The van der Waals surface area contributed by atoms with Gasteiger partial charge in [0.1, 0.15) is 12.4 Å². The molecule has 2 aromatic carbocycles. The van der Waals surface area contributed by atoms with Gasteiger partial charge in [0.05, 0.1) is 17.7 Å². The number of hydrogen-bond acceptors (Lipinski definition) is 6. The highest BCUT2D eigenvalue weighted by atomic mass is 16.6. The zero-order chi connectivity index (χ0) is 18.2. The molecule has 0 heterocycles. The van der Waals surface area contributed by atoms with Crippen LogP contribution in [0.5, 0.6) is 5.75 Å². The van der Waals surface area contributed by atoms with E-state index in [1.807, 2.05) is 0 Å². The van der Waals surface area contributed by atoms with Gasteiger partial charge in [-0.1, -0.05) is 12.1 Å². The van der Waals surface area contributed by atoms with Crippen molar-refractivity contribution >= 4 is 17.7 Å². The topological polar surface area (TPSA) is 78.9 Å². The quantitative estimate of drug-likeness (QED) is 0.333. The van der Waals surface area contributed by atoms with E-state index in [9.17, 15) is 14.4 Å². The molecule has 0 saturated heterocycles. The van der Waals surface area contributed by atoms with Crippen LogP contribution in [-0.2, 0) is 9.47 Å². The van der Waals surface area contributed by atoms with E-state index in [1.165, 1.54) is 50.4 Å². The van der Waals surface area contributed by atoms with Crippen molar-refractivity contribution in [3.8, 4) is 5.75 Å². The first-order valence-electron chi connectivity index (χ1n) is 7.60. The van der Waals surface area contributed by atoms with E-state index in [4.69, 9.17) is 14.2 Å². The first kappa shape index (κ1) is 18.4. The average Bonchev–Trinajstić information content (AvgIpc) is 2.62. The van der Waals surface area contributed by atoms with Crippen molar-refractivity contribution < 1.29 is 28.6 Å². The molecule has 0 aromatic heterocycles. The van der Waals surface area contributed by atoms with Crippen molar-refractivity contribution in [2.75, 3.05) is 20.3 Å². The molecule has 0 aliphatic heterocycles. The van der Waals surface area contributed by atoms with Crippen molar-refractivity contribution in [1.82, 2.24) is 0 Å². The molecule has 0 N–H and O–H groups in total. The summed E-state index contributed by atoms with van der Waals surface area (Å²) in [6.07, 6.45) is 0. The van der Waals surface area contributed by atoms with E-state index >= 15 is 0 Å². The van der Waals surface area contributed by atoms with Gasteiger partial charge in [0.2, 0.25) is 0 Å². The molecule has 0 aliphatic rings. The Morgan fingerprint density at radius 1 is 0.760 bits per heavy atom. The third kappa shape index (κ3) is 5.26. The van der Waals surface area contributed by atoms with Crippen LogP contribution in [0.3, 0.4) is 0 Å². The fraction of sp³-hybridized carbons (Fsp3) is 0.211. The summed E-state index contributed by atoms with van der Waals surface area (Å²) in [4.78, 5) is 35.1. The molecule has 0 aliphatic carbocycles. The summed E-state index contributed by atoms with van der Waals surface area (Å²) >= 11 is 0. The number of benzene rings is 2. The van der Waals surface area contributed by atoms with Crippen LogP contribution in [0.15, 0.2) is 48.5 Å². The van der Waals surface area contributed by atoms with Crippen LogP contribution < -0.4 is 4.74 Å². The van der Waals surface area contributed by atoms with Crippen LogP contribution in [0, 0.1) is 0 Å². The van der Waals surface area contributed by atoms with E-state index in [0.29, 0.717) is 29.0 Å². The Morgan fingerprint density at radius 3 is 1.84 bits per heavy atom. The fourth-order valence-corrected chi connectivity index (χ4v) is 1.97. The molecule has 0 unspecified atom stereocenters. The molecule has 0 saturated carbocycles. The van der Waals surface area contributed by atoms with Crippen molar-refractivity contribution in [3.05, 3.63) is 65.2 Å². The van der Waals surface area contributed by atoms with Crippen molar-refractivity contribution in [3.63, 3.8) is 0 Å². The minimum absolute atomic E-state index is 0.0760. The third-order valence-electron chi connectivity index (χ3n) is 3.35. The molecule has 0 spiro atoms. The summed E-state index contributed by atoms with van der Waals surface area (Å²) in [5.74, 6) is -0.803. The van der Waals surface area contributed by atoms with Gasteiger partial charge in [0.15, 0.2) is 5.78 Å². The van der Waals surface area contributed by atoms with E-state index in [-0.39, 0.29) is 12.4 Å². The first-order valence-corrected chi connectivity index (χ1v) is 7.60. The van der Waals surface area contributed by atoms with Gasteiger partial charge in [0.25, 0.3) is 0 Å². The summed E-state index contributed by atoms with van der Waals surface area (Å²) < 4.78 is 15.0. The zero-order valence-electron chi connectivity index (χ0n) is 14.0. The third-order valence-corrected chi connectivity index (χ3v) is 3.35. The number of Topliss-reactive ketones (excluding diaryl/α,β-unsaturated/α-hetero) is 1. The lowest BCUT2D eigenvalue weighted by Crippen LogP contribution is -2.11. The van der Waals surface area contributed by atoms with Crippen molar-refractivity contribution in [2.45, 2.75) is 6.92 Å². The minimum Gasteiger partial charge on any atom is -0.460 e. The predicted octanol–water partition coefficient (Wildman–Crippen LogP) is 2.91. The summed E-state index contributed by atoms with van der Waals surface area (Å²) in [7, 11) is 1.52. The van der Waals surface area contributed by atoms with Gasteiger partial charge in [-0.3, -0.25) is 4.79 Å². The number of methoxy groups -OCH3 is 1. The van der Waals surface area contributed by atoms with Gasteiger partial charge >= 0.3 is 11.9 Å². The van der Waals surface area contributed by atoms with Crippen LogP contribution in [0.25, 0.3) is 0 Å². The van der Waals surface area contributed by atoms with Crippen molar-refractivity contribution in [2.24, 2.45) is 0 Å². The molecular weight excluding hydrogens is 324 g/mol. The maximum absolute atomic E-state index is 12.1. The van der Waals surface area contributed by atoms with E-state index in [1.54, 1.807) is 12.1 Å². The van der Waals surface area contributed by atoms with Crippen LogP contribution in [0.1, 0.15) is 38.0 Å². The molecule has 2 aromatic rings. The highest BCUT2D eigenvalue weighted by molar-refractivity contribution is 5.96. The number of ether oxygens (including phenoxy) is 3. The number of carbonyl (C=O) groups excluding carboxylic acids is 3. The van der Waals surface area contributed by atoms with Gasteiger partial charge in [0, 0.05) is 12.7 Å².